The summed E-state index contributed by atoms with van der Waals surface area (Å²) in [5.74, 6) is -1.40. The van der Waals surface area contributed by atoms with Crippen LogP contribution < -0.4 is 0 Å². The third-order valence-corrected chi connectivity index (χ3v) is 6.34. The fraction of sp³-hybridized carbons (Fsp3) is 0.143. The quantitative estimate of drug-likeness (QED) is 0.259. The third-order valence-electron chi connectivity index (χ3n) is 4.61. The predicted octanol–water partition coefficient (Wildman–Crippen LogP) is 5.43. The zero-order chi connectivity index (χ0) is 22.1. The molecule has 0 saturated carbocycles. The molecule has 0 aliphatic rings. The molecule has 0 radical (unpaired) electrons. The Labute approximate surface area is 180 Å². The maximum absolute atomic E-state index is 14.1. The fourth-order valence-corrected chi connectivity index (χ4v) is 4.25. The Hall–Kier alpha value is -2.65. The molecule has 0 saturated heterocycles. The molecule has 3 aromatic carbocycles. The molecular weight excluding hydrogens is 480 g/mol. The van der Waals surface area contributed by atoms with Crippen LogP contribution in [0.2, 0.25) is 0 Å². The second kappa shape index (κ2) is 8.61. The Morgan fingerprint density at radius 2 is 1.63 bits per heavy atom. The third kappa shape index (κ3) is 4.57. The van der Waals surface area contributed by atoms with Crippen LogP contribution in [0.25, 0.3) is 11.1 Å². The first-order valence-corrected chi connectivity index (χ1v) is 11.7. The highest BCUT2D eigenvalue weighted by molar-refractivity contribution is 9.08. The largest absolute Gasteiger partial charge is 0.281 e. The Morgan fingerprint density at radius 1 is 1.03 bits per heavy atom. The van der Waals surface area contributed by atoms with Crippen molar-refractivity contribution in [2.45, 2.75) is 16.6 Å². The van der Waals surface area contributed by atoms with Crippen molar-refractivity contribution in [2.75, 3.05) is 6.26 Å². The maximum Gasteiger partial charge on any atom is 0.281 e. The molecule has 0 bridgehead atoms. The first-order valence-electron chi connectivity index (χ1n) is 8.71. The summed E-state index contributed by atoms with van der Waals surface area (Å²) in [6.45, 7) is 0. The van der Waals surface area contributed by atoms with Crippen molar-refractivity contribution < 1.29 is 22.1 Å². The monoisotopic (exact) mass is 495 g/mol. The van der Waals surface area contributed by atoms with Crippen molar-refractivity contribution in [3.8, 4) is 11.1 Å². The zero-order valence-corrected chi connectivity index (χ0v) is 18.1. The Morgan fingerprint density at radius 3 is 2.13 bits per heavy atom. The minimum Gasteiger partial charge on any atom is -0.258 e. The van der Waals surface area contributed by atoms with E-state index >= 15 is 0 Å². The van der Waals surface area contributed by atoms with E-state index < -0.39 is 26.4 Å². The molecule has 0 unspecified atom stereocenters. The van der Waals surface area contributed by atoms with Gasteiger partial charge in [0.1, 0.15) is 11.6 Å². The van der Waals surface area contributed by atoms with E-state index in [9.17, 15) is 27.3 Å². The summed E-state index contributed by atoms with van der Waals surface area (Å²) >= 11 is 3.24. The lowest BCUT2D eigenvalue weighted by Gasteiger charge is -2.12. The van der Waals surface area contributed by atoms with Crippen LogP contribution in [0.3, 0.4) is 0 Å². The van der Waals surface area contributed by atoms with Gasteiger partial charge >= 0.3 is 0 Å². The minimum atomic E-state index is -3.42. The molecular formula is C21H16BrF2NO4S. The molecule has 0 heterocycles. The first-order chi connectivity index (χ1) is 14.1. The number of halogens is 3. The second-order valence-corrected chi connectivity index (χ2v) is 9.29. The van der Waals surface area contributed by atoms with Gasteiger partial charge in [0.05, 0.1) is 15.4 Å². The van der Waals surface area contributed by atoms with Gasteiger partial charge in [0.25, 0.3) is 5.69 Å². The van der Waals surface area contributed by atoms with Crippen LogP contribution in [0.15, 0.2) is 59.5 Å². The SMILES string of the molecule is CS(=O)(=O)c1ccc(-c2cc(Cc3c(F)cccc3F)cc(CBr)c2[N+](=O)[O-])cc1. The van der Waals surface area contributed by atoms with E-state index in [0.29, 0.717) is 16.7 Å². The van der Waals surface area contributed by atoms with E-state index in [0.717, 1.165) is 18.4 Å². The number of nitro benzene ring substituents is 1. The number of benzene rings is 3. The summed E-state index contributed by atoms with van der Waals surface area (Å²) in [6.07, 6.45) is 0.974. The molecule has 5 nitrogen and oxygen atoms in total. The maximum atomic E-state index is 14.1. The lowest BCUT2D eigenvalue weighted by molar-refractivity contribution is -0.384. The van der Waals surface area contributed by atoms with E-state index in [2.05, 4.69) is 15.9 Å². The first kappa shape index (κ1) is 22.0. The van der Waals surface area contributed by atoms with Crippen LogP contribution in [-0.2, 0) is 21.6 Å². The molecule has 0 N–H and O–H groups in total. The lowest BCUT2D eigenvalue weighted by atomic mass is 9.94. The van der Waals surface area contributed by atoms with Crippen molar-refractivity contribution in [2.24, 2.45) is 0 Å². The average molecular weight is 496 g/mol. The second-order valence-electron chi connectivity index (χ2n) is 6.72. The number of hydrogen-bond donors (Lipinski definition) is 0. The lowest BCUT2D eigenvalue weighted by Crippen LogP contribution is -2.02. The van der Waals surface area contributed by atoms with E-state index in [-0.39, 0.29) is 33.5 Å². The number of hydrogen-bond acceptors (Lipinski definition) is 4. The number of rotatable bonds is 6. The van der Waals surface area contributed by atoms with Crippen molar-refractivity contribution >= 4 is 31.5 Å². The topological polar surface area (TPSA) is 77.3 Å². The Balaban J connectivity index is 2.18. The normalized spacial score (nSPS) is 11.5. The molecule has 156 valence electrons. The molecule has 0 spiro atoms. The summed E-state index contributed by atoms with van der Waals surface area (Å²) in [6, 6.07) is 12.3. The van der Waals surface area contributed by atoms with Crippen molar-refractivity contribution in [1.29, 1.82) is 0 Å². The summed E-state index contributed by atoms with van der Waals surface area (Å²) in [5.41, 5.74) is 1.20. The number of nitrogens with zero attached hydrogens (tertiary/aromatic N) is 1. The summed E-state index contributed by atoms with van der Waals surface area (Å²) < 4.78 is 51.6. The number of nitro groups is 1. The van der Waals surface area contributed by atoms with Crippen LogP contribution in [-0.4, -0.2) is 19.6 Å². The van der Waals surface area contributed by atoms with Gasteiger partial charge in [0, 0.05) is 29.1 Å². The smallest absolute Gasteiger partial charge is 0.258 e. The van der Waals surface area contributed by atoms with Gasteiger partial charge in [0.2, 0.25) is 0 Å². The molecule has 3 aromatic rings. The van der Waals surface area contributed by atoms with Crippen LogP contribution in [0, 0.1) is 21.7 Å². The van der Waals surface area contributed by atoms with E-state index in [1.54, 1.807) is 0 Å². The number of sulfone groups is 1. The molecule has 0 aromatic heterocycles. The van der Waals surface area contributed by atoms with Gasteiger partial charge in [-0.2, -0.15) is 0 Å². The number of alkyl halides is 1. The van der Waals surface area contributed by atoms with Gasteiger partial charge in [-0.3, -0.25) is 10.1 Å². The summed E-state index contributed by atoms with van der Waals surface area (Å²) in [4.78, 5) is 11.3. The summed E-state index contributed by atoms with van der Waals surface area (Å²) in [5, 5.41) is 11.9. The zero-order valence-electron chi connectivity index (χ0n) is 15.7. The molecule has 9 heteroatoms. The standard InChI is InChI=1S/C21H16BrF2NO4S/c1-30(28,29)16-7-5-14(6-8-16)17-10-13(9-15(12-22)21(17)25(26)27)11-18-19(23)3-2-4-20(18)24/h2-10H,11-12H2,1H3. The highest BCUT2D eigenvalue weighted by Gasteiger charge is 2.23. The van der Waals surface area contributed by atoms with Gasteiger partial charge in [-0.25, -0.2) is 17.2 Å². The fourth-order valence-electron chi connectivity index (χ4n) is 3.19. The molecule has 0 aliphatic carbocycles. The molecule has 0 amide bonds. The molecule has 0 atom stereocenters. The highest BCUT2D eigenvalue weighted by Crippen LogP contribution is 2.36. The van der Waals surface area contributed by atoms with E-state index in [4.69, 9.17) is 0 Å². The van der Waals surface area contributed by atoms with Crippen molar-refractivity contribution in [3.05, 3.63) is 93.0 Å². The average Bonchev–Trinajstić information content (AvgIpc) is 2.69. The Bertz CT molecular complexity index is 1210. The highest BCUT2D eigenvalue weighted by atomic mass is 79.9. The molecule has 3 rings (SSSR count). The van der Waals surface area contributed by atoms with Crippen LogP contribution in [0.4, 0.5) is 14.5 Å². The van der Waals surface area contributed by atoms with Gasteiger partial charge < -0.3 is 0 Å². The van der Waals surface area contributed by atoms with Gasteiger partial charge in [0.15, 0.2) is 9.84 Å². The van der Waals surface area contributed by atoms with Crippen LogP contribution >= 0.6 is 15.9 Å². The molecule has 0 aliphatic heterocycles. The van der Waals surface area contributed by atoms with Gasteiger partial charge in [-0.05, 0) is 47.5 Å². The molecule has 30 heavy (non-hydrogen) atoms. The van der Waals surface area contributed by atoms with Gasteiger partial charge in [-0.1, -0.05) is 34.1 Å². The van der Waals surface area contributed by atoms with Crippen molar-refractivity contribution in [1.82, 2.24) is 0 Å². The molecule has 0 fully saturated rings. The predicted molar refractivity (Wildman–Crippen MR) is 113 cm³/mol. The van der Waals surface area contributed by atoms with E-state index in [1.165, 1.54) is 42.5 Å². The van der Waals surface area contributed by atoms with Gasteiger partial charge in [-0.15, -0.1) is 0 Å². The van der Waals surface area contributed by atoms with Crippen LogP contribution in [0.1, 0.15) is 16.7 Å². The summed E-state index contributed by atoms with van der Waals surface area (Å²) in [7, 11) is -3.42. The minimum absolute atomic E-state index is 0.0826. The Kier molecular flexibility index (Phi) is 6.33. The van der Waals surface area contributed by atoms with Crippen LogP contribution in [0.5, 0.6) is 0 Å². The van der Waals surface area contributed by atoms with Crippen molar-refractivity contribution in [3.63, 3.8) is 0 Å². The van der Waals surface area contributed by atoms with E-state index in [1.807, 2.05) is 0 Å².